The number of rotatable bonds is 4. The van der Waals surface area contributed by atoms with Gasteiger partial charge in [0, 0.05) is 23.3 Å². The summed E-state index contributed by atoms with van der Waals surface area (Å²) in [7, 11) is 0. The molecule has 2 aromatic rings. The fraction of sp³-hybridized carbons (Fsp3) is 0.167. The topological polar surface area (TPSA) is 30.0 Å². The fourth-order valence-electron chi connectivity index (χ4n) is 1.41. The lowest BCUT2D eigenvalue weighted by Crippen LogP contribution is -1.99. The Kier molecular flexibility index (Phi) is 3.85. The van der Waals surface area contributed by atoms with Crippen LogP contribution in [0.4, 0.5) is 0 Å². The van der Waals surface area contributed by atoms with Crippen LogP contribution in [0, 0.1) is 0 Å². The molecule has 0 saturated carbocycles. The molecule has 4 heteroatoms. The van der Waals surface area contributed by atoms with Crippen molar-refractivity contribution in [3.8, 4) is 0 Å². The smallest absolute Gasteiger partial charge is 0.174 e. The number of Topliss-reactive ketones (excluding diaryl/α,β-unsaturated/α-hetero) is 1. The van der Waals surface area contributed by atoms with E-state index in [9.17, 15) is 4.79 Å². The van der Waals surface area contributed by atoms with Gasteiger partial charge in [-0.2, -0.15) is 0 Å². The first-order chi connectivity index (χ1) is 7.77. The predicted molar refractivity (Wildman–Crippen MR) is 68.9 cm³/mol. The molecule has 0 unspecified atom stereocenters. The van der Waals surface area contributed by atoms with Crippen LogP contribution in [0.2, 0.25) is 0 Å². The summed E-state index contributed by atoms with van der Waals surface area (Å²) in [4.78, 5) is 16.6. The molecule has 0 N–H and O–H groups in total. The van der Waals surface area contributed by atoms with Gasteiger partial charge in [0.1, 0.15) is 0 Å². The Morgan fingerprint density at radius 2 is 2.06 bits per heavy atom. The molecule has 0 aliphatic heterocycles. The number of hydrogen-bond donors (Lipinski definition) is 0. The van der Waals surface area contributed by atoms with Crippen LogP contribution in [0.1, 0.15) is 21.7 Å². The van der Waals surface area contributed by atoms with Crippen molar-refractivity contribution < 1.29 is 4.79 Å². The number of halogens is 1. The van der Waals surface area contributed by atoms with Crippen molar-refractivity contribution in [1.29, 1.82) is 0 Å². The van der Waals surface area contributed by atoms with Gasteiger partial charge in [-0.15, -0.1) is 11.3 Å². The molecule has 82 valence electrons. The van der Waals surface area contributed by atoms with Crippen LogP contribution in [-0.2, 0) is 6.42 Å². The zero-order valence-electron chi connectivity index (χ0n) is 8.52. The molecule has 0 saturated heterocycles. The monoisotopic (exact) mass is 295 g/mol. The summed E-state index contributed by atoms with van der Waals surface area (Å²) >= 11 is 4.86. The quantitative estimate of drug-likeness (QED) is 0.805. The minimum atomic E-state index is 0.193. The van der Waals surface area contributed by atoms with E-state index < -0.39 is 0 Å². The lowest BCUT2D eigenvalue weighted by Gasteiger charge is -1.99. The third-order valence-corrected chi connectivity index (χ3v) is 4.14. The van der Waals surface area contributed by atoms with Crippen LogP contribution in [0.25, 0.3) is 0 Å². The zero-order chi connectivity index (χ0) is 11.4. The molecule has 0 atom stereocenters. The van der Waals surface area contributed by atoms with Crippen molar-refractivity contribution >= 4 is 33.0 Å². The molecular formula is C12H10BrNOS. The molecule has 0 aliphatic rings. The maximum Gasteiger partial charge on any atom is 0.174 e. The molecule has 2 heterocycles. The number of aromatic nitrogens is 1. The highest BCUT2D eigenvalue weighted by atomic mass is 79.9. The molecule has 0 aromatic carbocycles. The Balaban J connectivity index is 1.97. The summed E-state index contributed by atoms with van der Waals surface area (Å²) < 4.78 is 0.900. The van der Waals surface area contributed by atoms with Crippen LogP contribution < -0.4 is 0 Å². The third-order valence-electron chi connectivity index (χ3n) is 2.26. The second-order valence-electron chi connectivity index (χ2n) is 3.38. The van der Waals surface area contributed by atoms with Crippen LogP contribution in [0.15, 0.2) is 40.4 Å². The minimum absolute atomic E-state index is 0.193. The number of nitrogens with zero attached hydrogens (tertiary/aromatic N) is 1. The van der Waals surface area contributed by atoms with E-state index in [-0.39, 0.29) is 5.78 Å². The summed E-state index contributed by atoms with van der Waals surface area (Å²) in [6, 6.07) is 5.79. The highest BCUT2D eigenvalue weighted by molar-refractivity contribution is 9.10. The standard InChI is InChI=1S/C12H10BrNOS/c13-10-5-8-16-12(10)11(15)2-1-9-3-6-14-7-4-9/h3-8H,1-2H2. The van der Waals surface area contributed by atoms with E-state index in [0.717, 1.165) is 21.3 Å². The van der Waals surface area contributed by atoms with E-state index in [1.807, 2.05) is 23.6 Å². The second-order valence-corrected chi connectivity index (χ2v) is 5.15. The second kappa shape index (κ2) is 5.37. The van der Waals surface area contributed by atoms with Gasteiger partial charge in [-0.1, -0.05) is 0 Å². The molecular weight excluding hydrogens is 286 g/mol. The van der Waals surface area contributed by atoms with Crippen molar-refractivity contribution in [2.75, 3.05) is 0 Å². The van der Waals surface area contributed by atoms with E-state index in [2.05, 4.69) is 20.9 Å². The van der Waals surface area contributed by atoms with Crippen molar-refractivity contribution in [1.82, 2.24) is 4.98 Å². The van der Waals surface area contributed by atoms with E-state index in [0.29, 0.717) is 6.42 Å². The summed E-state index contributed by atoms with van der Waals surface area (Å²) in [6.07, 6.45) is 4.82. The van der Waals surface area contributed by atoms with Gasteiger partial charge in [0.05, 0.1) is 4.88 Å². The molecule has 0 radical (unpaired) electrons. The highest BCUT2D eigenvalue weighted by Crippen LogP contribution is 2.24. The summed E-state index contributed by atoms with van der Waals surface area (Å²) in [5, 5.41) is 1.92. The summed E-state index contributed by atoms with van der Waals surface area (Å²) in [6.45, 7) is 0. The summed E-state index contributed by atoms with van der Waals surface area (Å²) in [5.41, 5.74) is 1.15. The Hall–Kier alpha value is -1.00. The van der Waals surface area contributed by atoms with Crippen molar-refractivity contribution in [3.63, 3.8) is 0 Å². The van der Waals surface area contributed by atoms with Crippen LogP contribution >= 0.6 is 27.3 Å². The normalized spacial score (nSPS) is 10.3. The molecule has 0 fully saturated rings. The number of carbonyl (C=O) groups is 1. The largest absolute Gasteiger partial charge is 0.293 e. The average molecular weight is 296 g/mol. The number of hydrogen-bond acceptors (Lipinski definition) is 3. The number of pyridine rings is 1. The lowest BCUT2D eigenvalue weighted by molar-refractivity contribution is 0.0986. The van der Waals surface area contributed by atoms with Gasteiger partial charge >= 0.3 is 0 Å². The molecule has 16 heavy (non-hydrogen) atoms. The predicted octanol–water partition coefficient (Wildman–Crippen LogP) is 3.72. The lowest BCUT2D eigenvalue weighted by atomic mass is 10.1. The number of aryl methyl sites for hydroxylation is 1. The van der Waals surface area contributed by atoms with E-state index in [4.69, 9.17) is 0 Å². The Morgan fingerprint density at radius 1 is 1.31 bits per heavy atom. The maximum atomic E-state index is 11.9. The minimum Gasteiger partial charge on any atom is -0.293 e. The Labute approximate surface area is 106 Å². The fourth-order valence-corrected chi connectivity index (χ4v) is 2.98. The number of carbonyl (C=O) groups excluding carboxylic acids is 1. The number of ketones is 1. The van der Waals surface area contributed by atoms with Gasteiger partial charge in [0.2, 0.25) is 0 Å². The molecule has 2 nitrogen and oxygen atoms in total. The van der Waals surface area contributed by atoms with Crippen molar-refractivity contribution in [3.05, 3.63) is 50.9 Å². The Bertz CT molecular complexity index is 481. The average Bonchev–Trinajstić information content (AvgIpc) is 2.74. The highest BCUT2D eigenvalue weighted by Gasteiger charge is 2.11. The first kappa shape index (κ1) is 11.5. The van der Waals surface area contributed by atoms with Gasteiger partial charge in [0.15, 0.2) is 5.78 Å². The van der Waals surface area contributed by atoms with E-state index in [1.54, 1.807) is 12.4 Å². The molecule has 0 spiro atoms. The van der Waals surface area contributed by atoms with Crippen LogP contribution in [0.5, 0.6) is 0 Å². The van der Waals surface area contributed by atoms with Crippen molar-refractivity contribution in [2.24, 2.45) is 0 Å². The maximum absolute atomic E-state index is 11.9. The van der Waals surface area contributed by atoms with Crippen LogP contribution in [-0.4, -0.2) is 10.8 Å². The SMILES string of the molecule is O=C(CCc1ccncc1)c1sccc1Br. The van der Waals surface area contributed by atoms with Gasteiger partial charge in [-0.05, 0) is 51.5 Å². The first-order valence-corrected chi connectivity index (χ1v) is 6.60. The van der Waals surface area contributed by atoms with Gasteiger partial charge in [-0.3, -0.25) is 9.78 Å². The van der Waals surface area contributed by atoms with Crippen molar-refractivity contribution in [2.45, 2.75) is 12.8 Å². The zero-order valence-corrected chi connectivity index (χ0v) is 10.9. The van der Waals surface area contributed by atoms with Crippen LogP contribution in [0.3, 0.4) is 0 Å². The van der Waals surface area contributed by atoms with Gasteiger partial charge in [-0.25, -0.2) is 0 Å². The third kappa shape index (κ3) is 2.77. The molecule has 0 aliphatic carbocycles. The Morgan fingerprint density at radius 3 is 2.69 bits per heavy atom. The van der Waals surface area contributed by atoms with E-state index in [1.165, 1.54) is 11.3 Å². The first-order valence-electron chi connectivity index (χ1n) is 4.92. The molecule has 0 bridgehead atoms. The molecule has 2 aromatic heterocycles. The van der Waals surface area contributed by atoms with E-state index >= 15 is 0 Å². The van der Waals surface area contributed by atoms with Gasteiger partial charge in [0.25, 0.3) is 0 Å². The number of thiophene rings is 1. The summed E-state index contributed by atoms with van der Waals surface area (Å²) in [5.74, 6) is 0.193. The van der Waals surface area contributed by atoms with Gasteiger partial charge < -0.3 is 0 Å². The molecule has 2 rings (SSSR count). The molecule has 0 amide bonds.